The Balaban J connectivity index is 2.54. The first-order valence-corrected chi connectivity index (χ1v) is 5.67. The van der Waals surface area contributed by atoms with Crippen molar-refractivity contribution in [3.63, 3.8) is 0 Å². The van der Waals surface area contributed by atoms with Crippen molar-refractivity contribution >= 4 is 39.4 Å². The van der Waals surface area contributed by atoms with Crippen LogP contribution in [0.2, 0.25) is 0 Å². The van der Waals surface area contributed by atoms with Gasteiger partial charge in [-0.1, -0.05) is 0 Å². The van der Waals surface area contributed by atoms with Crippen LogP contribution in [-0.2, 0) is 4.79 Å². The van der Waals surface area contributed by atoms with Crippen LogP contribution in [0.15, 0.2) is 17.0 Å². The molecular formula is C7H8BrN3OS. The summed E-state index contributed by atoms with van der Waals surface area (Å²) in [7, 11) is 0. The normalized spacial score (nSPS) is 9.69. The minimum atomic E-state index is -0.0656. The van der Waals surface area contributed by atoms with Gasteiger partial charge in [0.15, 0.2) is 5.82 Å². The number of carbonyl (C=O) groups is 1. The first kappa shape index (κ1) is 10.5. The number of halogens is 1. The molecule has 1 aromatic rings. The van der Waals surface area contributed by atoms with E-state index in [0.717, 1.165) is 0 Å². The third kappa shape index (κ3) is 3.73. The summed E-state index contributed by atoms with van der Waals surface area (Å²) in [5.74, 6) is 0.837. The van der Waals surface area contributed by atoms with Crippen LogP contribution in [0, 0.1) is 0 Å². The standard InChI is InChI=1S/C7H8BrN3OS/c1-13-4-7(12)11-6-3-9-5(8)2-10-6/h2-3H,4H2,1H3,(H,10,11,12). The third-order valence-corrected chi connectivity index (χ3v) is 2.12. The SMILES string of the molecule is CSCC(=O)Nc1cnc(Br)cn1. The van der Waals surface area contributed by atoms with E-state index in [2.05, 4.69) is 31.2 Å². The summed E-state index contributed by atoms with van der Waals surface area (Å²) in [6, 6.07) is 0. The molecule has 0 atom stereocenters. The Bertz CT molecular complexity index is 290. The van der Waals surface area contributed by atoms with E-state index in [0.29, 0.717) is 16.2 Å². The zero-order valence-electron chi connectivity index (χ0n) is 6.95. The molecule has 6 heteroatoms. The Morgan fingerprint density at radius 3 is 2.92 bits per heavy atom. The van der Waals surface area contributed by atoms with Crippen LogP contribution in [0.3, 0.4) is 0 Å². The van der Waals surface area contributed by atoms with Gasteiger partial charge in [0.2, 0.25) is 5.91 Å². The lowest BCUT2D eigenvalue weighted by Gasteiger charge is -2.01. The Hall–Kier alpha value is -0.620. The largest absolute Gasteiger partial charge is 0.309 e. The van der Waals surface area contributed by atoms with Crippen molar-refractivity contribution < 1.29 is 4.79 Å². The summed E-state index contributed by atoms with van der Waals surface area (Å²) < 4.78 is 0.648. The molecule has 0 bridgehead atoms. The van der Waals surface area contributed by atoms with Crippen molar-refractivity contribution in [2.24, 2.45) is 0 Å². The van der Waals surface area contributed by atoms with Crippen LogP contribution in [-0.4, -0.2) is 27.9 Å². The molecular weight excluding hydrogens is 254 g/mol. The van der Waals surface area contributed by atoms with Crippen molar-refractivity contribution in [1.29, 1.82) is 0 Å². The van der Waals surface area contributed by atoms with Gasteiger partial charge in [-0.25, -0.2) is 9.97 Å². The molecule has 1 rings (SSSR count). The van der Waals surface area contributed by atoms with Crippen molar-refractivity contribution in [3.05, 3.63) is 17.0 Å². The predicted molar refractivity (Wildman–Crippen MR) is 56.7 cm³/mol. The minimum absolute atomic E-state index is 0.0656. The molecule has 1 N–H and O–H groups in total. The highest BCUT2D eigenvalue weighted by atomic mass is 79.9. The highest BCUT2D eigenvalue weighted by molar-refractivity contribution is 9.10. The summed E-state index contributed by atoms with van der Waals surface area (Å²) in [5.41, 5.74) is 0. The van der Waals surface area contributed by atoms with E-state index < -0.39 is 0 Å². The van der Waals surface area contributed by atoms with E-state index in [-0.39, 0.29) is 5.91 Å². The number of amides is 1. The minimum Gasteiger partial charge on any atom is -0.309 e. The number of carbonyl (C=O) groups excluding carboxylic acids is 1. The summed E-state index contributed by atoms with van der Waals surface area (Å²) in [6.07, 6.45) is 4.91. The van der Waals surface area contributed by atoms with Crippen molar-refractivity contribution in [2.45, 2.75) is 0 Å². The summed E-state index contributed by atoms with van der Waals surface area (Å²) >= 11 is 4.61. The van der Waals surface area contributed by atoms with Crippen molar-refractivity contribution in [1.82, 2.24) is 9.97 Å². The molecule has 0 aliphatic heterocycles. The molecule has 1 heterocycles. The fourth-order valence-electron chi connectivity index (χ4n) is 0.687. The lowest BCUT2D eigenvalue weighted by atomic mass is 10.6. The molecule has 0 saturated carbocycles. The number of hydrogen-bond acceptors (Lipinski definition) is 4. The van der Waals surface area contributed by atoms with Gasteiger partial charge in [-0.3, -0.25) is 4.79 Å². The molecule has 1 amide bonds. The van der Waals surface area contributed by atoms with Crippen LogP contribution in [0.5, 0.6) is 0 Å². The topological polar surface area (TPSA) is 54.9 Å². The second kappa shape index (κ2) is 5.18. The molecule has 13 heavy (non-hydrogen) atoms. The van der Waals surface area contributed by atoms with Crippen LogP contribution in [0.4, 0.5) is 5.82 Å². The fourth-order valence-corrected chi connectivity index (χ4v) is 1.23. The molecule has 1 aromatic heterocycles. The van der Waals surface area contributed by atoms with Gasteiger partial charge in [0.25, 0.3) is 0 Å². The van der Waals surface area contributed by atoms with Gasteiger partial charge in [-0.2, -0.15) is 11.8 Å². The first-order chi connectivity index (χ1) is 6.22. The molecule has 70 valence electrons. The molecule has 0 fully saturated rings. The number of nitrogens with one attached hydrogen (secondary N) is 1. The molecule has 0 saturated heterocycles. The van der Waals surface area contributed by atoms with E-state index in [1.165, 1.54) is 24.2 Å². The fraction of sp³-hybridized carbons (Fsp3) is 0.286. The van der Waals surface area contributed by atoms with E-state index >= 15 is 0 Å². The Morgan fingerprint density at radius 2 is 2.38 bits per heavy atom. The summed E-state index contributed by atoms with van der Waals surface area (Å²) in [5, 5.41) is 2.62. The van der Waals surface area contributed by atoms with Crippen LogP contribution in [0.1, 0.15) is 0 Å². The lowest BCUT2D eigenvalue weighted by molar-refractivity contribution is -0.113. The van der Waals surface area contributed by atoms with Gasteiger partial charge in [0.05, 0.1) is 18.1 Å². The maximum absolute atomic E-state index is 11.1. The van der Waals surface area contributed by atoms with E-state index in [1.807, 2.05) is 6.26 Å². The van der Waals surface area contributed by atoms with Crippen molar-refractivity contribution in [3.8, 4) is 0 Å². The lowest BCUT2D eigenvalue weighted by Crippen LogP contribution is -2.14. The molecule has 0 radical (unpaired) electrons. The Kier molecular flexibility index (Phi) is 4.17. The average molecular weight is 262 g/mol. The molecule has 0 aliphatic carbocycles. The van der Waals surface area contributed by atoms with Gasteiger partial charge >= 0.3 is 0 Å². The van der Waals surface area contributed by atoms with E-state index in [4.69, 9.17) is 0 Å². The van der Waals surface area contributed by atoms with E-state index in [1.54, 1.807) is 0 Å². The molecule has 0 aliphatic rings. The van der Waals surface area contributed by atoms with Crippen molar-refractivity contribution in [2.75, 3.05) is 17.3 Å². The third-order valence-electron chi connectivity index (χ3n) is 1.16. The second-order valence-electron chi connectivity index (χ2n) is 2.21. The number of nitrogens with zero attached hydrogens (tertiary/aromatic N) is 2. The van der Waals surface area contributed by atoms with Gasteiger partial charge in [0.1, 0.15) is 4.60 Å². The van der Waals surface area contributed by atoms with Gasteiger partial charge < -0.3 is 5.32 Å². The second-order valence-corrected chi connectivity index (χ2v) is 3.88. The Morgan fingerprint density at radius 1 is 1.62 bits per heavy atom. The maximum atomic E-state index is 11.1. The molecule has 0 aromatic carbocycles. The predicted octanol–water partition coefficient (Wildman–Crippen LogP) is 1.54. The number of rotatable bonds is 3. The van der Waals surface area contributed by atoms with Gasteiger partial charge in [-0.05, 0) is 22.2 Å². The van der Waals surface area contributed by atoms with Crippen LogP contribution >= 0.6 is 27.7 Å². The monoisotopic (exact) mass is 261 g/mol. The number of thioether (sulfide) groups is 1. The number of anilines is 1. The zero-order chi connectivity index (χ0) is 9.68. The maximum Gasteiger partial charge on any atom is 0.235 e. The smallest absolute Gasteiger partial charge is 0.235 e. The summed E-state index contributed by atoms with van der Waals surface area (Å²) in [6.45, 7) is 0. The molecule has 4 nitrogen and oxygen atoms in total. The first-order valence-electron chi connectivity index (χ1n) is 3.48. The van der Waals surface area contributed by atoms with Gasteiger partial charge in [0, 0.05) is 0 Å². The van der Waals surface area contributed by atoms with Crippen LogP contribution in [0.25, 0.3) is 0 Å². The Labute approximate surface area is 88.7 Å². The van der Waals surface area contributed by atoms with Crippen LogP contribution < -0.4 is 5.32 Å². The van der Waals surface area contributed by atoms with E-state index in [9.17, 15) is 4.79 Å². The highest BCUT2D eigenvalue weighted by Crippen LogP contribution is 2.06. The quantitative estimate of drug-likeness (QED) is 0.897. The van der Waals surface area contributed by atoms with Gasteiger partial charge in [-0.15, -0.1) is 0 Å². The number of aromatic nitrogens is 2. The zero-order valence-corrected chi connectivity index (χ0v) is 9.35. The average Bonchev–Trinajstić information content (AvgIpc) is 2.09. The summed E-state index contributed by atoms with van der Waals surface area (Å²) in [4.78, 5) is 19.0. The number of hydrogen-bond donors (Lipinski definition) is 1. The highest BCUT2D eigenvalue weighted by Gasteiger charge is 2.01. The molecule has 0 spiro atoms. The molecule has 0 unspecified atom stereocenters.